The summed E-state index contributed by atoms with van der Waals surface area (Å²) in [6, 6.07) is 14.1. The first kappa shape index (κ1) is 17.0. The number of hydrogen-bond donors (Lipinski definition) is 0. The van der Waals surface area contributed by atoms with E-state index in [1.54, 1.807) is 55.6 Å². The zero-order valence-corrected chi connectivity index (χ0v) is 14.9. The molecule has 2 aromatic heterocycles. The van der Waals surface area contributed by atoms with Gasteiger partial charge in [0.25, 0.3) is 0 Å². The fraction of sp³-hybridized carbons (Fsp3) is 0.118. The second-order valence-corrected chi connectivity index (χ2v) is 5.92. The number of halogens is 1. The maximum absolute atomic E-state index is 12.5. The van der Waals surface area contributed by atoms with Crippen molar-refractivity contribution in [3.05, 3.63) is 69.9 Å². The van der Waals surface area contributed by atoms with Crippen molar-refractivity contribution in [2.24, 2.45) is 0 Å². The third kappa shape index (κ3) is 3.32. The van der Waals surface area contributed by atoms with Crippen molar-refractivity contribution >= 4 is 11.6 Å². The Morgan fingerprint density at radius 2 is 1.85 bits per heavy atom. The smallest absolute Gasteiger partial charge is 0.369 e. The molecule has 0 atom stereocenters. The Kier molecular flexibility index (Phi) is 4.43. The van der Waals surface area contributed by atoms with Crippen molar-refractivity contribution in [2.75, 3.05) is 7.11 Å². The SMILES string of the molecule is COc1ccc(-c2nnc(Cn3nnn(-c4ccccc4Cl)c3=O)o2)cc1. The lowest BCUT2D eigenvalue weighted by Gasteiger charge is -2.00. The van der Waals surface area contributed by atoms with Gasteiger partial charge in [-0.15, -0.1) is 10.2 Å². The van der Waals surface area contributed by atoms with E-state index in [4.69, 9.17) is 20.8 Å². The third-order valence-corrected chi connectivity index (χ3v) is 4.13. The maximum Gasteiger partial charge on any atom is 0.369 e. The molecule has 136 valence electrons. The van der Waals surface area contributed by atoms with Crippen LogP contribution in [0.4, 0.5) is 0 Å². The van der Waals surface area contributed by atoms with Gasteiger partial charge in [-0.05, 0) is 46.8 Å². The summed E-state index contributed by atoms with van der Waals surface area (Å²) in [7, 11) is 1.59. The average Bonchev–Trinajstić information content (AvgIpc) is 3.30. The third-order valence-electron chi connectivity index (χ3n) is 3.81. The van der Waals surface area contributed by atoms with Gasteiger partial charge in [0.2, 0.25) is 11.8 Å². The van der Waals surface area contributed by atoms with Gasteiger partial charge in [-0.2, -0.15) is 9.36 Å². The molecule has 4 aromatic rings. The van der Waals surface area contributed by atoms with E-state index in [9.17, 15) is 4.79 Å². The zero-order chi connectivity index (χ0) is 18.8. The molecular weight excluding hydrogens is 372 g/mol. The van der Waals surface area contributed by atoms with Crippen molar-refractivity contribution in [3.8, 4) is 22.9 Å². The summed E-state index contributed by atoms with van der Waals surface area (Å²) in [5, 5.41) is 16.1. The molecule has 2 aromatic carbocycles. The highest BCUT2D eigenvalue weighted by Gasteiger charge is 2.15. The molecular formula is C17H13ClN6O3. The molecule has 0 aliphatic carbocycles. The molecule has 0 unspecified atom stereocenters. The summed E-state index contributed by atoms with van der Waals surface area (Å²) in [6.07, 6.45) is 0. The molecule has 0 aliphatic heterocycles. The van der Waals surface area contributed by atoms with Gasteiger partial charge in [0.05, 0.1) is 17.8 Å². The van der Waals surface area contributed by atoms with E-state index in [-0.39, 0.29) is 12.4 Å². The van der Waals surface area contributed by atoms with Gasteiger partial charge >= 0.3 is 5.69 Å². The van der Waals surface area contributed by atoms with Crippen molar-refractivity contribution in [1.29, 1.82) is 0 Å². The number of methoxy groups -OCH3 is 1. The van der Waals surface area contributed by atoms with Gasteiger partial charge in [-0.1, -0.05) is 23.7 Å². The van der Waals surface area contributed by atoms with Crippen molar-refractivity contribution < 1.29 is 9.15 Å². The molecule has 0 saturated carbocycles. The normalized spacial score (nSPS) is 10.9. The lowest BCUT2D eigenvalue weighted by atomic mass is 10.2. The van der Waals surface area contributed by atoms with E-state index in [2.05, 4.69) is 20.6 Å². The van der Waals surface area contributed by atoms with E-state index in [0.717, 1.165) is 20.7 Å². The highest BCUT2D eigenvalue weighted by Crippen LogP contribution is 2.21. The van der Waals surface area contributed by atoms with E-state index in [0.29, 0.717) is 16.6 Å². The van der Waals surface area contributed by atoms with Crippen LogP contribution in [-0.4, -0.2) is 37.1 Å². The van der Waals surface area contributed by atoms with Gasteiger partial charge in [0.15, 0.2) is 0 Å². The predicted octanol–water partition coefficient (Wildman–Crippen LogP) is 2.19. The van der Waals surface area contributed by atoms with Crippen LogP contribution in [-0.2, 0) is 6.54 Å². The first-order valence-corrected chi connectivity index (χ1v) is 8.28. The Balaban J connectivity index is 1.58. The summed E-state index contributed by atoms with van der Waals surface area (Å²) in [5.74, 6) is 1.29. The molecule has 2 heterocycles. The average molecular weight is 385 g/mol. The molecule has 0 radical (unpaired) electrons. The summed E-state index contributed by atoms with van der Waals surface area (Å²) < 4.78 is 13.0. The van der Waals surface area contributed by atoms with Crippen LogP contribution in [0.3, 0.4) is 0 Å². The Labute approximate surface area is 157 Å². The molecule has 0 aliphatic rings. The molecule has 0 bridgehead atoms. The van der Waals surface area contributed by atoms with E-state index >= 15 is 0 Å². The minimum Gasteiger partial charge on any atom is -0.497 e. The van der Waals surface area contributed by atoms with Crippen LogP contribution >= 0.6 is 11.6 Å². The second-order valence-electron chi connectivity index (χ2n) is 5.51. The van der Waals surface area contributed by atoms with E-state index < -0.39 is 5.69 Å². The molecule has 10 heteroatoms. The zero-order valence-electron chi connectivity index (χ0n) is 14.1. The highest BCUT2D eigenvalue weighted by atomic mass is 35.5. The van der Waals surface area contributed by atoms with Crippen LogP contribution in [0.2, 0.25) is 5.02 Å². The molecule has 27 heavy (non-hydrogen) atoms. The summed E-state index contributed by atoms with van der Waals surface area (Å²) in [5.41, 5.74) is 0.716. The van der Waals surface area contributed by atoms with Gasteiger partial charge in [-0.25, -0.2) is 4.79 Å². The Morgan fingerprint density at radius 3 is 2.59 bits per heavy atom. The minimum atomic E-state index is -0.465. The van der Waals surface area contributed by atoms with Crippen LogP contribution in [0.15, 0.2) is 57.7 Å². The largest absolute Gasteiger partial charge is 0.497 e. The Morgan fingerprint density at radius 1 is 1.07 bits per heavy atom. The minimum absolute atomic E-state index is 0.00750. The lowest BCUT2D eigenvalue weighted by Crippen LogP contribution is -2.25. The van der Waals surface area contributed by atoms with Gasteiger partial charge < -0.3 is 9.15 Å². The first-order chi connectivity index (χ1) is 13.2. The van der Waals surface area contributed by atoms with Gasteiger partial charge in [0.1, 0.15) is 12.3 Å². The number of tetrazole rings is 1. The van der Waals surface area contributed by atoms with E-state index in [1.807, 2.05) is 0 Å². The number of hydrogen-bond acceptors (Lipinski definition) is 7. The number of nitrogens with zero attached hydrogens (tertiary/aromatic N) is 6. The van der Waals surface area contributed by atoms with E-state index in [1.165, 1.54) is 0 Å². The molecule has 0 spiro atoms. The maximum atomic E-state index is 12.5. The fourth-order valence-corrected chi connectivity index (χ4v) is 2.66. The number of para-hydroxylation sites is 1. The first-order valence-electron chi connectivity index (χ1n) is 7.90. The predicted molar refractivity (Wildman–Crippen MR) is 96.0 cm³/mol. The molecule has 9 nitrogen and oxygen atoms in total. The Bertz CT molecular complexity index is 1130. The van der Waals surface area contributed by atoms with Crippen molar-refractivity contribution in [1.82, 2.24) is 30.0 Å². The van der Waals surface area contributed by atoms with Crippen molar-refractivity contribution in [2.45, 2.75) is 6.54 Å². The van der Waals surface area contributed by atoms with Crippen molar-refractivity contribution in [3.63, 3.8) is 0 Å². The number of ether oxygens (including phenoxy) is 1. The van der Waals surface area contributed by atoms with Crippen LogP contribution in [0.25, 0.3) is 17.1 Å². The summed E-state index contributed by atoms with van der Waals surface area (Å²) in [4.78, 5) is 12.5. The highest BCUT2D eigenvalue weighted by molar-refractivity contribution is 6.32. The van der Waals surface area contributed by atoms with Crippen LogP contribution in [0.5, 0.6) is 5.75 Å². The van der Waals surface area contributed by atoms with Crippen LogP contribution in [0.1, 0.15) is 5.89 Å². The number of benzene rings is 2. The molecule has 4 rings (SSSR count). The van der Waals surface area contributed by atoms with Crippen LogP contribution in [0, 0.1) is 0 Å². The topological polar surface area (TPSA) is 101 Å². The molecule has 0 saturated heterocycles. The standard InChI is InChI=1S/C17H13ClN6O3/c1-26-12-8-6-11(7-9-12)16-20-19-15(27-16)10-23-17(25)24(22-21-23)14-5-3-2-4-13(14)18/h2-9H,10H2,1H3. The number of aromatic nitrogens is 6. The summed E-state index contributed by atoms with van der Waals surface area (Å²) in [6.45, 7) is -0.00750. The Hall–Kier alpha value is -3.46. The fourth-order valence-electron chi connectivity index (χ4n) is 2.44. The lowest BCUT2D eigenvalue weighted by molar-refractivity contribution is 0.414. The monoisotopic (exact) mass is 384 g/mol. The van der Waals surface area contributed by atoms with Crippen LogP contribution < -0.4 is 10.4 Å². The second kappa shape index (κ2) is 7.04. The summed E-state index contributed by atoms with van der Waals surface area (Å²) >= 11 is 6.11. The molecule has 0 fully saturated rings. The van der Waals surface area contributed by atoms with Gasteiger partial charge in [0, 0.05) is 5.56 Å². The number of rotatable bonds is 5. The molecule has 0 N–H and O–H groups in total. The molecule has 0 amide bonds. The quantitative estimate of drug-likeness (QED) is 0.519. The van der Waals surface area contributed by atoms with Gasteiger partial charge in [-0.3, -0.25) is 0 Å².